The highest BCUT2D eigenvalue weighted by molar-refractivity contribution is 6.04. The Hall–Kier alpha value is -3.32. The molecule has 2 fully saturated rings. The SMILES string of the molecule is O=C1CCOC2(CCN(C(=O)c3cccc4nccnc34)CC2)CN1Cc1ccccc1. The lowest BCUT2D eigenvalue weighted by Crippen LogP contribution is -2.53. The van der Waals surface area contributed by atoms with Crippen molar-refractivity contribution in [3.8, 4) is 0 Å². The highest BCUT2D eigenvalue weighted by atomic mass is 16.5. The van der Waals surface area contributed by atoms with E-state index in [1.54, 1.807) is 12.4 Å². The molecule has 2 amide bonds. The van der Waals surface area contributed by atoms with Crippen LogP contribution >= 0.6 is 0 Å². The predicted octanol–water partition coefficient (Wildman–Crippen LogP) is 3.05. The number of carbonyl (C=O) groups is 2. The lowest BCUT2D eigenvalue weighted by molar-refractivity contribution is -0.132. The Kier molecular flexibility index (Phi) is 5.57. The summed E-state index contributed by atoms with van der Waals surface area (Å²) >= 11 is 0. The van der Waals surface area contributed by atoms with E-state index in [1.807, 2.05) is 58.3 Å². The maximum atomic E-state index is 13.3. The summed E-state index contributed by atoms with van der Waals surface area (Å²) in [5.74, 6) is 0.0929. The van der Waals surface area contributed by atoms with Crippen molar-refractivity contribution in [1.29, 1.82) is 0 Å². The topological polar surface area (TPSA) is 75.6 Å². The molecule has 7 heteroatoms. The maximum Gasteiger partial charge on any atom is 0.256 e. The second kappa shape index (κ2) is 8.67. The van der Waals surface area contributed by atoms with Crippen LogP contribution in [0.4, 0.5) is 0 Å². The first-order valence-corrected chi connectivity index (χ1v) is 11.1. The lowest BCUT2D eigenvalue weighted by atomic mass is 9.90. The monoisotopic (exact) mass is 430 g/mol. The average molecular weight is 431 g/mol. The van der Waals surface area contributed by atoms with Crippen LogP contribution in [0.1, 0.15) is 35.2 Å². The molecule has 2 aromatic carbocycles. The lowest BCUT2D eigenvalue weighted by Gasteiger charge is -2.42. The normalized spacial score (nSPS) is 18.7. The van der Waals surface area contributed by atoms with Gasteiger partial charge in [0.2, 0.25) is 5.91 Å². The van der Waals surface area contributed by atoms with E-state index in [9.17, 15) is 9.59 Å². The molecule has 2 saturated heterocycles. The molecule has 32 heavy (non-hydrogen) atoms. The van der Waals surface area contributed by atoms with Crippen LogP contribution in [0.25, 0.3) is 11.0 Å². The van der Waals surface area contributed by atoms with Crippen molar-refractivity contribution < 1.29 is 14.3 Å². The van der Waals surface area contributed by atoms with Crippen LogP contribution in [0.5, 0.6) is 0 Å². The van der Waals surface area contributed by atoms with Crippen LogP contribution in [-0.2, 0) is 16.1 Å². The molecule has 3 heterocycles. The number of hydrogen-bond acceptors (Lipinski definition) is 5. The van der Waals surface area contributed by atoms with Crippen molar-refractivity contribution in [3.63, 3.8) is 0 Å². The number of piperidine rings is 1. The number of aromatic nitrogens is 2. The number of benzene rings is 2. The molecule has 2 aliphatic rings. The molecule has 0 radical (unpaired) electrons. The van der Waals surface area contributed by atoms with Gasteiger partial charge in [0.1, 0.15) is 5.52 Å². The molecule has 1 spiro atoms. The molecule has 164 valence electrons. The number of hydrogen-bond donors (Lipinski definition) is 0. The minimum atomic E-state index is -0.406. The molecule has 0 bridgehead atoms. The van der Waals surface area contributed by atoms with E-state index in [2.05, 4.69) is 9.97 Å². The first-order valence-electron chi connectivity index (χ1n) is 11.1. The summed E-state index contributed by atoms with van der Waals surface area (Å²) in [6.07, 6.45) is 5.04. The average Bonchev–Trinajstić information content (AvgIpc) is 2.98. The quantitative estimate of drug-likeness (QED) is 0.638. The van der Waals surface area contributed by atoms with E-state index in [0.717, 1.165) is 5.56 Å². The van der Waals surface area contributed by atoms with E-state index in [0.29, 0.717) is 68.6 Å². The number of likely N-dealkylation sites (tertiary alicyclic amines) is 1. The molecular formula is C25H26N4O3. The van der Waals surface area contributed by atoms with Crippen molar-refractivity contribution in [2.45, 2.75) is 31.4 Å². The first kappa shape index (κ1) is 20.6. The van der Waals surface area contributed by atoms with Crippen molar-refractivity contribution in [1.82, 2.24) is 19.8 Å². The summed E-state index contributed by atoms with van der Waals surface area (Å²) in [5.41, 5.74) is 2.63. The Morgan fingerprint density at radius 1 is 1.00 bits per heavy atom. The van der Waals surface area contributed by atoms with Gasteiger partial charge >= 0.3 is 0 Å². The number of rotatable bonds is 3. The van der Waals surface area contributed by atoms with Crippen molar-refractivity contribution >= 4 is 22.8 Å². The first-order chi connectivity index (χ1) is 15.6. The molecule has 5 rings (SSSR count). The molecule has 7 nitrogen and oxygen atoms in total. The van der Waals surface area contributed by atoms with E-state index >= 15 is 0 Å². The van der Waals surface area contributed by atoms with E-state index in [1.165, 1.54) is 0 Å². The zero-order chi connectivity index (χ0) is 22.0. The zero-order valence-electron chi connectivity index (χ0n) is 17.9. The van der Waals surface area contributed by atoms with Crippen LogP contribution in [-0.4, -0.2) is 63.4 Å². The van der Waals surface area contributed by atoms with Gasteiger partial charge in [-0.3, -0.25) is 19.6 Å². The smallest absolute Gasteiger partial charge is 0.256 e. The van der Waals surface area contributed by atoms with Crippen LogP contribution < -0.4 is 0 Å². The molecule has 3 aromatic rings. The van der Waals surface area contributed by atoms with E-state index in [4.69, 9.17) is 4.74 Å². The van der Waals surface area contributed by atoms with Crippen molar-refractivity contribution in [2.75, 3.05) is 26.2 Å². The number of amides is 2. The van der Waals surface area contributed by atoms with Crippen molar-refractivity contribution in [2.24, 2.45) is 0 Å². The largest absolute Gasteiger partial charge is 0.372 e. The summed E-state index contributed by atoms with van der Waals surface area (Å²) in [5, 5.41) is 0. The molecule has 2 aliphatic heterocycles. The standard InChI is InChI=1S/C25H26N4O3/c30-22-9-16-32-25(18-29(22)17-19-5-2-1-3-6-19)10-14-28(15-11-25)24(31)20-7-4-8-21-23(20)27-13-12-26-21/h1-8,12-13H,9-11,14-18H2. The third kappa shape index (κ3) is 4.08. The summed E-state index contributed by atoms with van der Waals surface area (Å²) in [4.78, 5) is 38.4. The van der Waals surface area contributed by atoms with Crippen molar-refractivity contribution in [3.05, 3.63) is 72.1 Å². The minimum Gasteiger partial charge on any atom is -0.372 e. The van der Waals surface area contributed by atoms with Gasteiger partial charge in [0.15, 0.2) is 0 Å². The molecule has 0 atom stereocenters. The van der Waals surface area contributed by atoms with Gasteiger partial charge in [-0.15, -0.1) is 0 Å². The van der Waals surface area contributed by atoms with Gasteiger partial charge in [0.05, 0.1) is 36.3 Å². The van der Waals surface area contributed by atoms with Gasteiger partial charge < -0.3 is 14.5 Å². The maximum absolute atomic E-state index is 13.3. The predicted molar refractivity (Wildman–Crippen MR) is 120 cm³/mol. The van der Waals surface area contributed by atoms with E-state index in [-0.39, 0.29) is 11.8 Å². The van der Waals surface area contributed by atoms with Gasteiger partial charge in [-0.1, -0.05) is 36.4 Å². The Morgan fingerprint density at radius 2 is 1.78 bits per heavy atom. The second-order valence-electron chi connectivity index (χ2n) is 8.54. The highest BCUT2D eigenvalue weighted by Gasteiger charge is 2.41. The molecular weight excluding hydrogens is 404 g/mol. The molecule has 1 aromatic heterocycles. The third-order valence-electron chi connectivity index (χ3n) is 6.46. The second-order valence-corrected chi connectivity index (χ2v) is 8.54. The van der Waals surface area contributed by atoms with Crippen LogP contribution in [0, 0.1) is 0 Å². The summed E-state index contributed by atoms with van der Waals surface area (Å²) in [6, 6.07) is 15.6. The Bertz CT molecular complexity index is 1120. The number of para-hydroxylation sites is 1. The fourth-order valence-corrected chi connectivity index (χ4v) is 4.70. The fraction of sp³-hybridized carbons (Fsp3) is 0.360. The van der Waals surface area contributed by atoms with Gasteiger partial charge in [-0.2, -0.15) is 0 Å². The Balaban J connectivity index is 1.30. The number of ether oxygens (including phenoxy) is 1. The van der Waals surface area contributed by atoms with Crippen LogP contribution in [0.3, 0.4) is 0 Å². The summed E-state index contributed by atoms with van der Waals surface area (Å²) in [6.45, 7) is 2.74. The van der Waals surface area contributed by atoms with Crippen LogP contribution in [0.2, 0.25) is 0 Å². The third-order valence-corrected chi connectivity index (χ3v) is 6.46. The Labute approximate surface area is 187 Å². The highest BCUT2D eigenvalue weighted by Crippen LogP contribution is 2.31. The zero-order valence-corrected chi connectivity index (χ0v) is 17.9. The molecule has 0 aliphatic carbocycles. The Morgan fingerprint density at radius 3 is 2.59 bits per heavy atom. The molecule has 0 saturated carbocycles. The van der Waals surface area contributed by atoms with Gasteiger partial charge in [0.25, 0.3) is 5.91 Å². The molecule has 0 N–H and O–H groups in total. The van der Waals surface area contributed by atoms with E-state index < -0.39 is 5.60 Å². The van der Waals surface area contributed by atoms with Gasteiger partial charge in [-0.25, -0.2) is 0 Å². The van der Waals surface area contributed by atoms with Gasteiger partial charge in [-0.05, 0) is 30.5 Å². The minimum absolute atomic E-state index is 0.0307. The summed E-state index contributed by atoms with van der Waals surface area (Å²) < 4.78 is 6.25. The number of fused-ring (bicyclic) bond motifs is 1. The molecule has 0 unspecified atom stereocenters. The fourth-order valence-electron chi connectivity index (χ4n) is 4.70. The summed E-state index contributed by atoms with van der Waals surface area (Å²) in [7, 11) is 0. The van der Waals surface area contributed by atoms with Crippen LogP contribution in [0.15, 0.2) is 60.9 Å². The number of carbonyl (C=O) groups excluding carboxylic acids is 2. The van der Waals surface area contributed by atoms with Gasteiger partial charge in [0, 0.05) is 32.0 Å². The number of nitrogens with zero attached hydrogens (tertiary/aromatic N) is 4.